The Morgan fingerprint density at radius 3 is 2.52 bits per heavy atom. The highest BCUT2D eigenvalue weighted by molar-refractivity contribution is 5.96. The maximum absolute atomic E-state index is 12.3. The zero-order valence-corrected chi connectivity index (χ0v) is 14.1. The number of hydrogen-bond donors (Lipinski definition) is 2. The standard InChI is InChI=1S/C17H22N2O3.ClH/c1-2-22-16(21)12-3-5-13(6-4-12)19-15(20)14-11-17(14)7-9-18-10-8-17;/h3-6,14,18H,2,7-11H2,1H3,(H,19,20);1H. The summed E-state index contributed by atoms with van der Waals surface area (Å²) in [5.41, 5.74) is 1.47. The number of hydrogen-bond acceptors (Lipinski definition) is 4. The van der Waals surface area contributed by atoms with Gasteiger partial charge in [0.05, 0.1) is 12.2 Å². The largest absolute Gasteiger partial charge is 0.462 e. The molecule has 1 heterocycles. The third kappa shape index (κ3) is 3.85. The Morgan fingerprint density at radius 1 is 1.26 bits per heavy atom. The molecular formula is C17H23ClN2O3. The molecule has 1 aliphatic carbocycles. The molecule has 2 fully saturated rings. The van der Waals surface area contributed by atoms with E-state index in [4.69, 9.17) is 4.74 Å². The predicted octanol–water partition coefficient (Wildman–Crippen LogP) is 2.61. The van der Waals surface area contributed by atoms with Crippen molar-refractivity contribution in [1.82, 2.24) is 5.32 Å². The summed E-state index contributed by atoms with van der Waals surface area (Å²) in [7, 11) is 0. The zero-order chi connectivity index (χ0) is 15.6. The van der Waals surface area contributed by atoms with Gasteiger partial charge in [0.2, 0.25) is 5.91 Å². The minimum Gasteiger partial charge on any atom is -0.462 e. The topological polar surface area (TPSA) is 67.4 Å². The van der Waals surface area contributed by atoms with Crippen molar-refractivity contribution in [2.45, 2.75) is 26.2 Å². The number of ether oxygens (including phenoxy) is 1. The van der Waals surface area contributed by atoms with Gasteiger partial charge in [-0.2, -0.15) is 0 Å². The number of halogens is 1. The van der Waals surface area contributed by atoms with E-state index in [1.54, 1.807) is 31.2 Å². The van der Waals surface area contributed by atoms with Crippen molar-refractivity contribution in [2.75, 3.05) is 25.0 Å². The molecule has 1 aromatic rings. The van der Waals surface area contributed by atoms with Crippen LogP contribution in [0.4, 0.5) is 5.69 Å². The van der Waals surface area contributed by atoms with E-state index in [1.807, 2.05) is 0 Å². The lowest BCUT2D eigenvalue weighted by molar-refractivity contribution is -0.118. The van der Waals surface area contributed by atoms with Gasteiger partial charge in [0.1, 0.15) is 0 Å². The molecule has 1 saturated carbocycles. The van der Waals surface area contributed by atoms with Gasteiger partial charge < -0.3 is 15.4 Å². The van der Waals surface area contributed by atoms with Crippen LogP contribution >= 0.6 is 12.4 Å². The molecule has 1 saturated heterocycles. The van der Waals surface area contributed by atoms with Crippen LogP contribution in [0.5, 0.6) is 0 Å². The Labute approximate surface area is 142 Å². The van der Waals surface area contributed by atoms with Crippen LogP contribution in [-0.2, 0) is 9.53 Å². The Kier molecular flexibility index (Phi) is 5.65. The quantitative estimate of drug-likeness (QED) is 0.828. The first-order chi connectivity index (χ1) is 10.6. The smallest absolute Gasteiger partial charge is 0.338 e. The summed E-state index contributed by atoms with van der Waals surface area (Å²) in [6.45, 7) is 4.16. The molecule has 2 N–H and O–H groups in total. The summed E-state index contributed by atoms with van der Waals surface area (Å²) in [6.07, 6.45) is 3.18. The van der Waals surface area contributed by atoms with E-state index in [0.29, 0.717) is 12.2 Å². The van der Waals surface area contributed by atoms with Crippen LogP contribution in [0.1, 0.15) is 36.5 Å². The number of rotatable bonds is 4. The molecular weight excluding hydrogens is 316 g/mol. The van der Waals surface area contributed by atoms with Gasteiger partial charge in [-0.25, -0.2) is 4.79 Å². The Balaban J connectivity index is 0.00000192. The Morgan fingerprint density at radius 2 is 1.91 bits per heavy atom. The van der Waals surface area contributed by atoms with E-state index in [0.717, 1.165) is 38.0 Å². The molecule has 0 radical (unpaired) electrons. The van der Waals surface area contributed by atoms with E-state index in [9.17, 15) is 9.59 Å². The van der Waals surface area contributed by atoms with Gasteiger partial charge in [-0.05, 0) is 69.0 Å². The van der Waals surface area contributed by atoms with Gasteiger partial charge in [0.15, 0.2) is 0 Å². The predicted molar refractivity (Wildman–Crippen MR) is 90.9 cm³/mol. The molecule has 1 aliphatic heterocycles. The molecule has 23 heavy (non-hydrogen) atoms. The van der Waals surface area contributed by atoms with Crippen molar-refractivity contribution in [3.8, 4) is 0 Å². The Bertz CT molecular complexity index is 568. The summed E-state index contributed by atoms with van der Waals surface area (Å²) >= 11 is 0. The van der Waals surface area contributed by atoms with Crippen LogP contribution < -0.4 is 10.6 Å². The van der Waals surface area contributed by atoms with Crippen molar-refractivity contribution in [2.24, 2.45) is 11.3 Å². The third-order valence-electron chi connectivity index (χ3n) is 4.77. The van der Waals surface area contributed by atoms with E-state index < -0.39 is 0 Å². The summed E-state index contributed by atoms with van der Waals surface area (Å²) in [4.78, 5) is 23.9. The number of esters is 1. The molecule has 1 atom stereocenters. The lowest BCUT2D eigenvalue weighted by Crippen LogP contribution is -2.31. The van der Waals surface area contributed by atoms with Crippen molar-refractivity contribution >= 4 is 30.0 Å². The van der Waals surface area contributed by atoms with E-state index in [-0.39, 0.29) is 35.6 Å². The number of amides is 1. The van der Waals surface area contributed by atoms with Crippen molar-refractivity contribution in [1.29, 1.82) is 0 Å². The van der Waals surface area contributed by atoms with Crippen LogP contribution in [0.2, 0.25) is 0 Å². The monoisotopic (exact) mass is 338 g/mol. The fourth-order valence-corrected chi connectivity index (χ4v) is 3.33. The van der Waals surface area contributed by atoms with Crippen molar-refractivity contribution < 1.29 is 14.3 Å². The molecule has 0 bridgehead atoms. The van der Waals surface area contributed by atoms with Gasteiger partial charge in [-0.15, -0.1) is 12.4 Å². The first-order valence-corrected chi connectivity index (χ1v) is 7.93. The maximum Gasteiger partial charge on any atom is 0.338 e. The minimum absolute atomic E-state index is 0. The molecule has 1 amide bonds. The fourth-order valence-electron chi connectivity index (χ4n) is 3.33. The van der Waals surface area contributed by atoms with E-state index >= 15 is 0 Å². The molecule has 2 aliphatic rings. The second kappa shape index (κ2) is 7.32. The minimum atomic E-state index is -0.337. The van der Waals surface area contributed by atoms with Crippen molar-refractivity contribution in [3.05, 3.63) is 29.8 Å². The van der Waals surface area contributed by atoms with E-state index in [1.165, 1.54) is 0 Å². The summed E-state index contributed by atoms with van der Waals surface area (Å²) in [5, 5.41) is 6.30. The molecule has 0 aromatic heterocycles. The van der Waals surface area contributed by atoms with Gasteiger partial charge in [-0.1, -0.05) is 0 Å². The first kappa shape index (κ1) is 17.8. The normalized spacial score (nSPS) is 21.2. The zero-order valence-electron chi connectivity index (χ0n) is 13.3. The van der Waals surface area contributed by atoms with Crippen molar-refractivity contribution in [3.63, 3.8) is 0 Å². The average Bonchev–Trinajstić information content (AvgIpc) is 3.22. The second-order valence-electron chi connectivity index (χ2n) is 6.16. The Hall–Kier alpha value is -1.59. The number of carbonyl (C=O) groups is 2. The fraction of sp³-hybridized carbons (Fsp3) is 0.529. The van der Waals surface area contributed by atoms with Gasteiger partial charge in [0, 0.05) is 11.6 Å². The highest BCUT2D eigenvalue weighted by Gasteiger charge is 2.57. The lowest BCUT2D eigenvalue weighted by Gasteiger charge is -2.23. The number of carbonyl (C=O) groups excluding carboxylic acids is 2. The third-order valence-corrected chi connectivity index (χ3v) is 4.77. The van der Waals surface area contributed by atoms with Gasteiger partial charge >= 0.3 is 5.97 Å². The molecule has 126 valence electrons. The van der Waals surface area contributed by atoms with Crippen LogP contribution in [0.15, 0.2) is 24.3 Å². The number of anilines is 1. The lowest BCUT2D eigenvalue weighted by atomic mass is 9.92. The second-order valence-corrected chi connectivity index (χ2v) is 6.16. The number of piperidine rings is 1. The highest BCUT2D eigenvalue weighted by Crippen LogP contribution is 2.58. The van der Waals surface area contributed by atoms with Crippen LogP contribution in [0.3, 0.4) is 0 Å². The number of benzene rings is 1. The van der Waals surface area contributed by atoms with Crippen LogP contribution in [-0.4, -0.2) is 31.6 Å². The molecule has 5 nitrogen and oxygen atoms in total. The summed E-state index contributed by atoms with van der Waals surface area (Å²) < 4.78 is 4.94. The molecule has 3 rings (SSSR count). The average molecular weight is 339 g/mol. The highest BCUT2D eigenvalue weighted by atomic mass is 35.5. The summed E-state index contributed by atoms with van der Waals surface area (Å²) in [6, 6.07) is 6.87. The first-order valence-electron chi connectivity index (χ1n) is 7.93. The number of nitrogens with one attached hydrogen (secondary N) is 2. The molecule has 1 aromatic carbocycles. The van der Waals surface area contributed by atoms with Gasteiger partial charge in [0.25, 0.3) is 0 Å². The molecule has 1 spiro atoms. The van der Waals surface area contributed by atoms with Crippen LogP contribution in [0.25, 0.3) is 0 Å². The molecule has 1 unspecified atom stereocenters. The van der Waals surface area contributed by atoms with E-state index in [2.05, 4.69) is 10.6 Å². The SMILES string of the molecule is CCOC(=O)c1ccc(NC(=O)C2CC23CCNCC3)cc1.Cl. The van der Waals surface area contributed by atoms with Crippen LogP contribution in [0, 0.1) is 11.3 Å². The maximum atomic E-state index is 12.3. The summed E-state index contributed by atoms with van der Waals surface area (Å²) in [5.74, 6) is -0.0960. The molecule has 6 heteroatoms. The van der Waals surface area contributed by atoms with Gasteiger partial charge in [-0.3, -0.25) is 4.79 Å².